The Morgan fingerprint density at radius 1 is 1.35 bits per heavy atom. The van der Waals surface area contributed by atoms with Gasteiger partial charge in [-0.15, -0.1) is 0 Å². The van der Waals surface area contributed by atoms with Gasteiger partial charge in [-0.1, -0.05) is 31.2 Å². The molecular formula is C22H27ClN2O. The first-order valence-electron chi connectivity index (χ1n) is 9.77. The quantitative estimate of drug-likeness (QED) is 0.484. The second-order valence-corrected chi connectivity index (χ2v) is 8.33. The third-order valence-electron chi connectivity index (χ3n) is 7.53. The molecule has 0 aromatic heterocycles. The highest BCUT2D eigenvalue weighted by Gasteiger charge is 2.68. The van der Waals surface area contributed by atoms with Gasteiger partial charge in [-0.25, -0.2) is 0 Å². The predicted octanol–water partition coefficient (Wildman–Crippen LogP) is 0.786. The summed E-state index contributed by atoms with van der Waals surface area (Å²) in [6, 6.07) is 9.36. The number of nitrogens with one attached hydrogen (secondary N) is 1. The molecular weight excluding hydrogens is 344 g/mol. The molecule has 3 heterocycles. The van der Waals surface area contributed by atoms with Gasteiger partial charge in [0.05, 0.1) is 18.5 Å². The van der Waals surface area contributed by atoms with Crippen LogP contribution in [0.1, 0.15) is 38.7 Å². The zero-order chi connectivity index (χ0) is 17.2. The van der Waals surface area contributed by atoms with Crippen LogP contribution >= 0.6 is 0 Å². The number of carbonyl (C=O) groups is 1. The summed E-state index contributed by atoms with van der Waals surface area (Å²) in [7, 11) is 0. The molecule has 3 nitrogen and oxygen atoms in total. The number of aldehydes is 1. The van der Waals surface area contributed by atoms with Crippen LogP contribution in [0.4, 0.5) is 5.69 Å². The van der Waals surface area contributed by atoms with E-state index in [0.29, 0.717) is 12.0 Å². The first kappa shape index (κ1) is 17.8. The molecule has 1 N–H and O–H groups in total. The number of fused-ring (bicyclic) bond motifs is 2. The van der Waals surface area contributed by atoms with Crippen molar-refractivity contribution in [2.45, 2.75) is 44.6 Å². The molecule has 2 saturated heterocycles. The lowest BCUT2D eigenvalue weighted by Gasteiger charge is -2.53. The Labute approximate surface area is 162 Å². The Balaban J connectivity index is 0.00000168. The van der Waals surface area contributed by atoms with Gasteiger partial charge in [0, 0.05) is 35.7 Å². The Kier molecular flexibility index (Phi) is 4.09. The van der Waals surface area contributed by atoms with E-state index in [2.05, 4.69) is 49.5 Å². The molecule has 1 aromatic rings. The van der Waals surface area contributed by atoms with Gasteiger partial charge in [0.15, 0.2) is 0 Å². The average molecular weight is 371 g/mol. The molecule has 1 spiro atoms. The van der Waals surface area contributed by atoms with Crippen LogP contribution in [0.2, 0.25) is 0 Å². The Morgan fingerprint density at radius 3 is 2.88 bits per heavy atom. The van der Waals surface area contributed by atoms with Gasteiger partial charge in [0.25, 0.3) is 0 Å². The zero-order valence-corrected chi connectivity index (χ0v) is 16.4. The van der Waals surface area contributed by atoms with Gasteiger partial charge in [-0.05, 0) is 30.5 Å². The number of quaternary nitrogens is 1. The lowest BCUT2D eigenvalue weighted by molar-refractivity contribution is -0.941. The maximum absolute atomic E-state index is 12.2. The number of allylic oxidation sites excluding steroid dienone is 2. The molecule has 3 aliphatic heterocycles. The molecule has 0 radical (unpaired) electrons. The summed E-state index contributed by atoms with van der Waals surface area (Å²) < 4.78 is 1.22. The lowest BCUT2D eigenvalue weighted by Crippen LogP contribution is -3.00. The number of hydrogen-bond donors (Lipinski definition) is 1. The normalized spacial score (nSPS) is 37.7. The van der Waals surface area contributed by atoms with Crippen LogP contribution < -0.4 is 17.7 Å². The van der Waals surface area contributed by atoms with Gasteiger partial charge < -0.3 is 22.2 Å². The van der Waals surface area contributed by atoms with Crippen molar-refractivity contribution in [3.63, 3.8) is 0 Å². The van der Waals surface area contributed by atoms with Gasteiger partial charge in [0.1, 0.15) is 18.9 Å². The Morgan fingerprint density at radius 2 is 2.15 bits per heavy atom. The van der Waals surface area contributed by atoms with E-state index in [-0.39, 0.29) is 17.8 Å². The van der Waals surface area contributed by atoms with Crippen LogP contribution in [0.5, 0.6) is 0 Å². The third-order valence-corrected chi connectivity index (χ3v) is 7.53. The lowest BCUT2D eigenvalue weighted by atomic mass is 9.61. The number of hydrogen-bond acceptors (Lipinski definition) is 2. The molecule has 4 atom stereocenters. The van der Waals surface area contributed by atoms with Crippen LogP contribution in [0.15, 0.2) is 47.2 Å². The topological polar surface area (TPSA) is 29.1 Å². The highest BCUT2D eigenvalue weighted by molar-refractivity contribution is 5.84. The van der Waals surface area contributed by atoms with Crippen LogP contribution in [0.3, 0.4) is 0 Å². The van der Waals surface area contributed by atoms with E-state index in [1.807, 2.05) is 0 Å². The number of nitrogens with zero attached hydrogens (tertiary/aromatic N) is 1. The summed E-state index contributed by atoms with van der Waals surface area (Å²) in [5, 5.41) is 3.70. The minimum absolute atomic E-state index is 0. The van der Waals surface area contributed by atoms with E-state index < -0.39 is 0 Å². The summed E-state index contributed by atoms with van der Waals surface area (Å²) in [6.07, 6.45) is 6.96. The highest BCUT2D eigenvalue weighted by Crippen LogP contribution is 2.63. The molecule has 0 saturated carbocycles. The van der Waals surface area contributed by atoms with Crippen molar-refractivity contribution in [1.29, 1.82) is 0 Å². The second kappa shape index (κ2) is 5.97. The number of halogens is 1. The smallest absolute Gasteiger partial charge is 0.148 e. The first-order valence-corrected chi connectivity index (χ1v) is 9.77. The minimum atomic E-state index is 0. The van der Waals surface area contributed by atoms with E-state index in [4.69, 9.17) is 0 Å². The van der Waals surface area contributed by atoms with Crippen molar-refractivity contribution in [2.24, 2.45) is 5.92 Å². The number of benzene rings is 1. The maximum atomic E-state index is 12.2. The first-order chi connectivity index (χ1) is 12.2. The number of rotatable bonds is 3. The summed E-state index contributed by atoms with van der Waals surface area (Å²) in [6.45, 7) is 8.08. The summed E-state index contributed by atoms with van der Waals surface area (Å²) >= 11 is 0. The van der Waals surface area contributed by atoms with Crippen LogP contribution in [-0.4, -0.2) is 36.4 Å². The molecule has 26 heavy (non-hydrogen) atoms. The SMILES string of the molecule is C/C=C1/C[N+]2(CCC)CCC34C(=C(C=O)[C@H]1C[C@@H]32)Nc1ccccc14.[Cl-]. The Bertz CT molecular complexity index is 829. The molecule has 2 fully saturated rings. The molecule has 1 aliphatic carbocycles. The van der Waals surface area contributed by atoms with Gasteiger partial charge >= 0.3 is 0 Å². The van der Waals surface area contributed by atoms with E-state index in [9.17, 15) is 4.79 Å². The zero-order valence-electron chi connectivity index (χ0n) is 15.6. The molecule has 4 aliphatic rings. The van der Waals surface area contributed by atoms with Gasteiger partial charge in [-0.2, -0.15) is 0 Å². The third kappa shape index (κ3) is 1.91. The number of para-hydroxylation sites is 1. The van der Waals surface area contributed by atoms with Crippen molar-refractivity contribution in [3.8, 4) is 0 Å². The predicted molar refractivity (Wildman–Crippen MR) is 100 cm³/mol. The average Bonchev–Trinajstić information content (AvgIpc) is 3.16. The molecule has 4 heteroatoms. The van der Waals surface area contributed by atoms with Crippen molar-refractivity contribution < 1.29 is 21.7 Å². The minimum Gasteiger partial charge on any atom is -1.00 e. The highest BCUT2D eigenvalue weighted by atomic mass is 35.5. The fraction of sp³-hybridized carbons (Fsp3) is 0.500. The van der Waals surface area contributed by atoms with E-state index in [0.717, 1.165) is 31.2 Å². The molecule has 2 bridgehead atoms. The summed E-state index contributed by atoms with van der Waals surface area (Å²) in [5.74, 6) is 0.318. The largest absolute Gasteiger partial charge is 1.00 e. The van der Waals surface area contributed by atoms with Crippen LogP contribution in [0, 0.1) is 5.92 Å². The molecule has 138 valence electrons. The summed E-state index contributed by atoms with van der Waals surface area (Å²) in [4.78, 5) is 12.2. The van der Waals surface area contributed by atoms with Crippen molar-refractivity contribution >= 4 is 12.0 Å². The Hall–Kier alpha value is -1.58. The number of piperidine rings is 1. The molecule has 2 unspecified atom stereocenters. The van der Waals surface area contributed by atoms with E-state index in [1.54, 1.807) is 0 Å². The van der Waals surface area contributed by atoms with E-state index in [1.165, 1.54) is 46.5 Å². The number of anilines is 1. The second-order valence-electron chi connectivity index (χ2n) is 8.33. The number of carbonyl (C=O) groups excluding carboxylic acids is 1. The van der Waals surface area contributed by atoms with Crippen LogP contribution in [-0.2, 0) is 10.2 Å². The van der Waals surface area contributed by atoms with Crippen molar-refractivity contribution in [3.05, 3.63) is 52.7 Å². The van der Waals surface area contributed by atoms with Crippen LogP contribution in [0.25, 0.3) is 0 Å². The standard InChI is InChI=1S/C22H26N2O.ClH/c1-3-10-24-11-9-22-18-7-5-6-8-19(18)23-21(22)17(14-25)16(12-20(22)24)15(4-2)13-24;/h4-8,14,16,20H,3,9-13H2,1-2H3;1H/b15-4-;/t16-,20-,22?,24?;/m0./s1. The molecule has 1 aromatic carbocycles. The van der Waals surface area contributed by atoms with Gasteiger partial charge in [-0.3, -0.25) is 4.79 Å². The monoisotopic (exact) mass is 370 g/mol. The van der Waals surface area contributed by atoms with Gasteiger partial charge in [0.2, 0.25) is 0 Å². The maximum Gasteiger partial charge on any atom is 0.148 e. The fourth-order valence-corrected chi connectivity index (χ4v) is 6.68. The van der Waals surface area contributed by atoms with E-state index >= 15 is 0 Å². The fourth-order valence-electron chi connectivity index (χ4n) is 6.68. The van der Waals surface area contributed by atoms with Crippen molar-refractivity contribution in [1.82, 2.24) is 0 Å². The molecule has 0 amide bonds. The summed E-state index contributed by atoms with van der Waals surface area (Å²) in [5.41, 5.74) is 6.44. The molecule has 5 rings (SSSR count). The van der Waals surface area contributed by atoms with Crippen molar-refractivity contribution in [2.75, 3.05) is 25.0 Å².